The van der Waals surface area contributed by atoms with E-state index in [0.29, 0.717) is 12.5 Å². The maximum absolute atomic E-state index is 5.72. The molecule has 0 aliphatic carbocycles. The smallest absolute Gasteiger partial charge is 0.122 e. The van der Waals surface area contributed by atoms with Crippen molar-refractivity contribution >= 4 is 22.9 Å². The van der Waals surface area contributed by atoms with E-state index in [-0.39, 0.29) is 0 Å². The van der Waals surface area contributed by atoms with Crippen molar-refractivity contribution in [2.45, 2.75) is 18.7 Å². The van der Waals surface area contributed by atoms with Crippen molar-refractivity contribution in [3.63, 3.8) is 0 Å². The lowest BCUT2D eigenvalue weighted by Crippen LogP contribution is -1.99. The highest BCUT2D eigenvalue weighted by Crippen LogP contribution is 2.19. The largest absolute Gasteiger partial charge is 0.497 e. The number of ether oxygens (including phenoxy) is 2. The molecule has 2 aromatic rings. The first-order valence-electron chi connectivity index (χ1n) is 6.08. The van der Waals surface area contributed by atoms with Crippen molar-refractivity contribution < 1.29 is 9.47 Å². The highest BCUT2D eigenvalue weighted by molar-refractivity contribution is 7.09. The van der Waals surface area contributed by atoms with Gasteiger partial charge < -0.3 is 9.47 Å². The van der Waals surface area contributed by atoms with E-state index >= 15 is 0 Å². The van der Waals surface area contributed by atoms with Crippen LogP contribution < -0.4 is 9.47 Å². The zero-order valence-corrected chi connectivity index (χ0v) is 12.3. The average molecular weight is 298 g/mol. The summed E-state index contributed by atoms with van der Waals surface area (Å²) in [5.41, 5.74) is 0.954. The number of nitrogens with zero attached hydrogens (tertiary/aromatic N) is 1. The third-order valence-electron chi connectivity index (χ3n) is 2.58. The molecular weight excluding hydrogens is 282 g/mol. The topological polar surface area (TPSA) is 31.4 Å². The van der Waals surface area contributed by atoms with Crippen molar-refractivity contribution in [1.82, 2.24) is 4.98 Å². The molecule has 1 heterocycles. The molecule has 1 aromatic carbocycles. The van der Waals surface area contributed by atoms with Gasteiger partial charge in [0.15, 0.2) is 0 Å². The molecule has 3 nitrogen and oxygen atoms in total. The zero-order valence-electron chi connectivity index (χ0n) is 10.8. The highest BCUT2D eigenvalue weighted by Gasteiger charge is 2.01. The Hall–Kier alpha value is -1.26. The number of hydrogen-bond acceptors (Lipinski definition) is 4. The Balaban J connectivity index is 1.74. The van der Waals surface area contributed by atoms with Gasteiger partial charge in [0.25, 0.3) is 0 Å². The van der Waals surface area contributed by atoms with Crippen molar-refractivity contribution in [2.24, 2.45) is 0 Å². The lowest BCUT2D eigenvalue weighted by molar-refractivity contribution is 0.308. The summed E-state index contributed by atoms with van der Waals surface area (Å²) in [5, 5.41) is 3.12. The van der Waals surface area contributed by atoms with Gasteiger partial charge in [0, 0.05) is 17.9 Å². The number of methoxy groups -OCH3 is 1. The van der Waals surface area contributed by atoms with Crippen molar-refractivity contribution in [3.05, 3.63) is 40.3 Å². The third kappa shape index (κ3) is 4.40. The van der Waals surface area contributed by atoms with Gasteiger partial charge in [0.05, 0.1) is 30.3 Å². The number of alkyl halides is 1. The molecule has 0 saturated heterocycles. The van der Waals surface area contributed by atoms with Gasteiger partial charge in [0.1, 0.15) is 11.5 Å². The van der Waals surface area contributed by atoms with E-state index in [9.17, 15) is 0 Å². The van der Waals surface area contributed by atoms with Gasteiger partial charge in [-0.15, -0.1) is 22.9 Å². The second-order valence-electron chi connectivity index (χ2n) is 4.00. The van der Waals surface area contributed by atoms with Crippen molar-refractivity contribution in [1.29, 1.82) is 0 Å². The van der Waals surface area contributed by atoms with Crippen LogP contribution in [0.2, 0.25) is 0 Å². The molecule has 0 atom stereocenters. The van der Waals surface area contributed by atoms with E-state index in [0.717, 1.165) is 35.0 Å². The molecule has 0 amide bonds. The quantitative estimate of drug-likeness (QED) is 0.574. The molecule has 0 unspecified atom stereocenters. The average Bonchev–Trinajstić information content (AvgIpc) is 2.92. The molecule has 0 spiro atoms. The van der Waals surface area contributed by atoms with E-state index < -0.39 is 0 Å². The van der Waals surface area contributed by atoms with Gasteiger partial charge in [0.2, 0.25) is 0 Å². The number of hydrogen-bond donors (Lipinski definition) is 0. The number of halogens is 1. The highest BCUT2D eigenvalue weighted by atomic mass is 35.5. The van der Waals surface area contributed by atoms with Crippen LogP contribution in [0.1, 0.15) is 17.1 Å². The summed E-state index contributed by atoms with van der Waals surface area (Å²) in [6.07, 6.45) is 1.86. The summed E-state index contributed by atoms with van der Waals surface area (Å²) in [7, 11) is 1.65. The van der Waals surface area contributed by atoms with Gasteiger partial charge in [-0.3, -0.25) is 0 Å². The fourth-order valence-electron chi connectivity index (χ4n) is 1.63. The lowest BCUT2D eigenvalue weighted by atomic mass is 10.3. The first kappa shape index (κ1) is 14.2. The molecule has 102 valence electrons. The fourth-order valence-corrected chi connectivity index (χ4v) is 2.70. The molecular formula is C14H16ClNO2S. The Bertz CT molecular complexity index is 516. The summed E-state index contributed by atoms with van der Waals surface area (Å²) >= 11 is 7.37. The first-order valence-corrected chi connectivity index (χ1v) is 7.49. The van der Waals surface area contributed by atoms with Crippen LogP contribution in [-0.2, 0) is 12.3 Å². The Labute approximate surface area is 122 Å². The number of rotatable bonds is 7. The summed E-state index contributed by atoms with van der Waals surface area (Å²) < 4.78 is 10.8. The Morgan fingerprint density at radius 2 is 2.16 bits per heavy atom. The maximum Gasteiger partial charge on any atom is 0.122 e. The molecule has 0 aliphatic rings. The SMILES string of the molecule is COc1cccc(OCCCc2nc(CCl)cs2)c1. The summed E-state index contributed by atoms with van der Waals surface area (Å²) in [6.45, 7) is 0.670. The van der Waals surface area contributed by atoms with Crippen LogP contribution in [0.15, 0.2) is 29.6 Å². The summed E-state index contributed by atoms with van der Waals surface area (Å²) in [5.74, 6) is 2.13. The minimum atomic E-state index is 0.483. The van der Waals surface area contributed by atoms with Crippen LogP contribution in [0, 0.1) is 0 Å². The number of aromatic nitrogens is 1. The fraction of sp³-hybridized carbons (Fsp3) is 0.357. The van der Waals surface area contributed by atoms with Crippen molar-refractivity contribution in [3.8, 4) is 11.5 Å². The standard InChI is InChI=1S/C14H16ClNO2S/c1-17-12-4-2-5-13(8-12)18-7-3-6-14-16-11(9-15)10-19-14/h2,4-5,8,10H,3,6-7,9H2,1H3. The third-order valence-corrected chi connectivity index (χ3v) is 3.81. The molecule has 5 heteroatoms. The van der Waals surface area contributed by atoms with E-state index in [2.05, 4.69) is 4.98 Å². The van der Waals surface area contributed by atoms with Crippen LogP contribution in [-0.4, -0.2) is 18.7 Å². The monoisotopic (exact) mass is 297 g/mol. The Morgan fingerprint density at radius 3 is 2.89 bits per heavy atom. The molecule has 0 radical (unpaired) electrons. The van der Waals surface area contributed by atoms with Gasteiger partial charge in [-0.05, 0) is 18.6 Å². The number of aryl methyl sites for hydroxylation is 1. The molecule has 19 heavy (non-hydrogen) atoms. The normalized spacial score (nSPS) is 10.4. The Kier molecular flexibility index (Phi) is 5.48. The molecule has 1 aromatic heterocycles. The van der Waals surface area contributed by atoms with Gasteiger partial charge >= 0.3 is 0 Å². The van der Waals surface area contributed by atoms with E-state index in [1.54, 1.807) is 18.4 Å². The van der Waals surface area contributed by atoms with Crippen molar-refractivity contribution in [2.75, 3.05) is 13.7 Å². The summed E-state index contributed by atoms with van der Waals surface area (Å²) in [4.78, 5) is 4.41. The van der Waals surface area contributed by atoms with Gasteiger partial charge in [-0.2, -0.15) is 0 Å². The lowest BCUT2D eigenvalue weighted by Gasteiger charge is -2.06. The predicted molar refractivity (Wildman–Crippen MR) is 78.5 cm³/mol. The van der Waals surface area contributed by atoms with E-state index in [4.69, 9.17) is 21.1 Å². The molecule has 0 N–H and O–H groups in total. The molecule has 0 saturated carbocycles. The summed E-state index contributed by atoms with van der Waals surface area (Å²) in [6, 6.07) is 7.63. The molecule has 0 bridgehead atoms. The maximum atomic E-state index is 5.72. The van der Waals surface area contributed by atoms with E-state index in [1.165, 1.54) is 0 Å². The molecule has 2 rings (SSSR count). The second-order valence-corrected chi connectivity index (χ2v) is 5.21. The minimum absolute atomic E-state index is 0.483. The van der Waals surface area contributed by atoms with Crippen LogP contribution in [0.3, 0.4) is 0 Å². The molecule has 0 aliphatic heterocycles. The predicted octanol–water partition coefficient (Wildman–Crippen LogP) is 3.90. The van der Waals surface area contributed by atoms with Crippen LogP contribution in [0.5, 0.6) is 11.5 Å². The number of benzene rings is 1. The number of thiazole rings is 1. The van der Waals surface area contributed by atoms with Crippen LogP contribution in [0.4, 0.5) is 0 Å². The van der Waals surface area contributed by atoms with Crippen LogP contribution >= 0.6 is 22.9 Å². The zero-order chi connectivity index (χ0) is 13.5. The van der Waals surface area contributed by atoms with Gasteiger partial charge in [-0.25, -0.2) is 4.98 Å². The Morgan fingerprint density at radius 1 is 1.32 bits per heavy atom. The van der Waals surface area contributed by atoms with Crippen LogP contribution in [0.25, 0.3) is 0 Å². The first-order chi connectivity index (χ1) is 9.31. The minimum Gasteiger partial charge on any atom is -0.497 e. The molecule has 0 fully saturated rings. The van der Waals surface area contributed by atoms with E-state index in [1.807, 2.05) is 29.6 Å². The van der Waals surface area contributed by atoms with Gasteiger partial charge in [-0.1, -0.05) is 6.07 Å². The second kappa shape index (κ2) is 7.36.